The molecular weight excluding hydrogens is 235 g/mol. The Morgan fingerprint density at radius 3 is 2.53 bits per heavy atom. The van der Waals surface area contributed by atoms with Gasteiger partial charge in [-0.1, -0.05) is 12.1 Å². The Morgan fingerprint density at radius 2 is 1.94 bits per heavy atom. The number of nitrogens with zero attached hydrogens (tertiary/aromatic N) is 1. The van der Waals surface area contributed by atoms with Crippen LogP contribution in [0.25, 0.3) is 5.83 Å². The summed E-state index contributed by atoms with van der Waals surface area (Å²) in [6.07, 6.45) is 0. The summed E-state index contributed by atoms with van der Waals surface area (Å²) in [5.41, 5.74) is -1.89. The molecule has 90 valence electrons. The zero-order chi connectivity index (χ0) is 12.8. The Balaban J connectivity index is 2.78. The first-order chi connectivity index (χ1) is 7.87. The number of para-hydroxylation sites is 1. The van der Waals surface area contributed by atoms with Gasteiger partial charge in [-0.3, -0.25) is 0 Å². The third-order valence-electron chi connectivity index (χ3n) is 2.65. The summed E-state index contributed by atoms with van der Waals surface area (Å²) in [7, 11) is 0.994. The molecule has 6 heteroatoms. The largest absolute Gasteiger partial charge is 0.545 e. The fraction of sp³-hybridized carbons (Fsp3) is 0.182. The number of fused-ring (bicyclic) bond motifs is 1. The second kappa shape index (κ2) is 3.51. The molecule has 0 spiro atoms. The van der Waals surface area contributed by atoms with Crippen molar-refractivity contribution in [2.24, 2.45) is 0 Å². The van der Waals surface area contributed by atoms with Crippen molar-refractivity contribution in [1.82, 2.24) is 0 Å². The maximum Gasteiger partial charge on any atom is 0.357 e. The van der Waals surface area contributed by atoms with Gasteiger partial charge in [0.25, 0.3) is 0 Å². The molecule has 1 heterocycles. The lowest BCUT2D eigenvalue weighted by atomic mass is 9.99. The molecule has 1 aromatic carbocycles. The van der Waals surface area contributed by atoms with Crippen LogP contribution in [0.3, 0.4) is 0 Å². The number of carboxylic acids is 1. The van der Waals surface area contributed by atoms with Crippen molar-refractivity contribution in [3.05, 3.63) is 35.4 Å². The van der Waals surface area contributed by atoms with Gasteiger partial charge in [0.1, 0.15) is 11.4 Å². The molecule has 0 saturated carbocycles. The summed E-state index contributed by atoms with van der Waals surface area (Å²) in [6.45, 7) is 0. The summed E-state index contributed by atoms with van der Waals surface area (Å²) in [6, 6.07) is 1.48. The summed E-state index contributed by atoms with van der Waals surface area (Å²) in [5, 5.41) is 10.6. The van der Waals surface area contributed by atoms with E-state index in [2.05, 4.69) is 0 Å². The quantitative estimate of drug-likeness (QED) is 0.694. The van der Waals surface area contributed by atoms with E-state index >= 15 is 0 Å². The summed E-state index contributed by atoms with van der Waals surface area (Å²) in [5.74, 6) is -3.67. The fourth-order valence-corrected chi connectivity index (χ4v) is 1.75. The first-order valence-electron chi connectivity index (χ1n) is 4.70. The summed E-state index contributed by atoms with van der Waals surface area (Å²) < 4.78 is 41.0. The van der Waals surface area contributed by atoms with Gasteiger partial charge in [-0.15, -0.1) is 0 Å². The van der Waals surface area contributed by atoms with E-state index in [-0.39, 0.29) is 11.3 Å². The number of carbonyl (C=O) groups excluding carboxylic acids is 1. The smallest absolute Gasteiger partial charge is 0.357 e. The van der Waals surface area contributed by atoms with Crippen LogP contribution in [0.2, 0.25) is 0 Å². The van der Waals surface area contributed by atoms with E-state index in [1.807, 2.05) is 0 Å². The van der Waals surface area contributed by atoms with Gasteiger partial charge in [-0.05, 0) is 12.1 Å². The average Bonchev–Trinajstić information content (AvgIpc) is 2.25. The molecule has 0 unspecified atom stereocenters. The summed E-state index contributed by atoms with van der Waals surface area (Å²) in [4.78, 5) is 11.0. The number of carbonyl (C=O) groups is 1. The van der Waals surface area contributed by atoms with Crippen LogP contribution < -0.4 is 10.0 Å². The minimum Gasteiger partial charge on any atom is -0.545 e. The molecule has 0 aromatic heterocycles. The van der Waals surface area contributed by atoms with Crippen LogP contribution in [-0.2, 0) is 4.79 Å². The van der Waals surface area contributed by atoms with Crippen molar-refractivity contribution < 1.29 is 23.1 Å². The van der Waals surface area contributed by atoms with Gasteiger partial charge >= 0.3 is 6.05 Å². The highest BCUT2D eigenvalue weighted by atomic mass is 19.3. The molecular formula is C11H7F3NO2-. The molecule has 1 aromatic rings. The highest BCUT2D eigenvalue weighted by Gasteiger charge is 2.47. The van der Waals surface area contributed by atoms with Crippen LogP contribution in [0.4, 0.5) is 18.9 Å². The third kappa shape index (κ3) is 1.48. The number of alkyl halides is 2. The number of benzene rings is 1. The normalized spacial score (nSPS) is 18.0. The van der Waals surface area contributed by atoms with Crippen molar-refractivity contribution in [2.45, 2.75) is 6.05 Å². The van der Waals surface area contributed by atoms with Crippen molar-refractivity contribution in [2.75, 3.05) is 11.9 Å². The number of hydrogen-bond donors (Lipinski definition) is 0. The van der Waals surface area contributed by atoms with Gasteiger partial charge in [-0.25, -0.2) is 4.39 Å². The number of anilines is 1. The Morgan fingerprint density at radius 1 is 1.35 bits per heavy atom. The lowest BCUT2D eigenvalue weighted by Gasteiger charge is -2.36. The predicted molar refractivity (Wildman–Crippen MR) is 52.8 cm³/mol. The van der Waals surface area contributed by atoms with E-state index in [9.17, 15) is 23.1 Å². The molecule has 0 amide bonds. The fourth-order valence-electron chi connectivity index (χ4n) is 1.75. The first-order valence-corrected chi connectivity index (χ1v) is 4.70. The molecule has 0 N–H and O–H groups in total. The van der Waals surface area contributed by atoms with Gasteiger partial charge < -0.3 is 14.8 Å². The van der Waals surface area contributed by atoms with E-state index in [0.29, 0.717) is 4.90 Å². The molecule has 0 radical (unpaired) electrons. The number of likely N-dealkylation sites (N-methyl/N-ethyl adjacent to an activating group) is 1. The molecule has 0 atom stereocenters. The van der Waals surface area contributed by atoms with Crippen molar-refractivity contribution in [3.63, 3.8) is 0 Å². The molecule has 0 bridgehead atoms. The highest BCUT2D eigenvalue weighted by molar-refractivity contribution is 5.99. The average molecular weight is 242 g/mol. The first kappa shape index (κ1) is 11.5. The second-order valence-corrected chi connectivity index (χ2v) is 3.59. The maximum atomic E-state index is 13.7. The number of carboxylic acid groups (broad SMARTS) is 1. The number of aliphatic carboxylic acids is 1. The standard InChI is InChI=1S/C11H8F3NO2/c1-15-7-5-3-2-4-6(7)9(12)8(10(16)17)11(15,13)14/h2-5H,1H3,(H,16,17)/p-1. The third-order valence-corrected chi connectivity index (χ3v) is 2.65. The lowest BCUT2D eigenvalue weighted by Crippen LogP contribution is -2.48. The molecule has 0 aliphatic carbocycles. The van der Waals surface area contributed by atoms with E-state index in [1.165, 1.54) is 24.3 Å². The van der Waals surface area contributed by atoms with E-state index < -0.39 is 23.4 Å². The Bertz CT molecular complexity index is 525. The minimum atomic E-state index is -3.93. The Kier molecular flexibility index (Phi) is 2.38. The minimum absolute atomic E-state index is 0.0694. The number of hydrogen-bond acceptors (Lipinski definition) is 3. The molecule has 17 heavy (non-hydrogen) atoms. The highest BCUT2D eigenvalue weighted by Crippen LogP contribution is 2.44. The topological polar surface area (TPSA) is 43.4 Å². The van der Waals surface area contributed by atoms with Crippen LogP contribution in [0.5, 0.6) is 0 Å². The molecule has 1 aliphatic rings. The van der Waals surface area contributed by atoms with E-state index in [1.54, 1.807) is 0 Å². The van der Waals surface area contributed by atoms with Crippen LogP contribution in [-0.4, -0.2) is 19.1 Å². The van der Waals surface area contributed by atoms with Crippen LogP contribution >= 0.6 is 0 Å². The zero-order valence-electron chi connectivity index (χ0n) is 8.71. The van der Waals surface area contributed by atoms with E-state index in [4.69, 9.17) is 0 Å². The maximum absolute atomic E-state index is 13.7. The number of halogens is 3. The van der Waals surface area contributed by atoms with Gasteiger partial charge in [0.15, 0.2) is 0 Å². The van der Waals surface area contributed by atoms with Gasteiger partial charge in [0, 0.05) is 12.6 Å². The molecule has 0 saturated heterocycles. The van der Waals surface area contributed by atoms with E-state index in [0.717, 1.165) is 7.05 Å². The Labute approximate surface area is 94.8 Å². The number of rotatable bonds is 1. The molecule has 1 aliphatic heterocycles. The second-order valence-electron chi connectivity index (χ2n) is 3.59. The summed E-state index contributed by atoms with van der Waals surface area (Å²) >= 11 is 0. The van der Waals surface area contributed by atoms with Crippen LogP contribution in [0.15, 0.2) is 29.8 Å². The SMILES string of the molecule is CN1c2ccccc2C(F)=C(C(=O)[O-])C1(F)F. The lowest BCUT2D eigenvalue weighted by molar-refractivity contribution is -0.301. The van der Waals surface area contributed by atoms with Crippen LogP contribution in [0.1, 0.15) is 5.56 Å². The van der Waals surface area contributed by atoms with Crippen LogP contribution in [0, 0.1) is 0 Å². The molecule has 2 rings (SSSR count). The van der Waals surface area contributed by atoms with Gasteiger partial charge in [0.05, 0.1) is 11.7 Å². The Hall–Kier alpha value is -1.98. The monoisotopic (exact) mass is 242 g/mol. The van der Waals surface area contributed by atoms with Crippen molar-refractivity contribution in [3.8, 4) is 0 Å². The van der Waals surface area contributed by atoms with Gasteiger partial charge in [-0.2, -0.15) is 8.78 Å². The molecule has 0 fully saturated rings. The van der Waals surface area contributed by atoms with Crippen molar-refractivity contribution >= 4 is 17.5 Å². The molecule has 3 nitrogen and oxygen atoms in total. The predicted octanol–water partition coefficient (Wildman–Crippen LogP) is 1.16. The van der Waals surface area contributed by atoms with Crippen molar-refractivity contribution in [1.29, 1.82) is 0 Å². The zero-order valence-corrected chi connectivity index (χ0v) is 8.71. The van der Waals surface area contributed by atoms with Gasteiger partial charge in [0.2, 0.25) is 0 Å².